The highest BCUT2D eigenvalue weighted by Gasteiger charge is 2.49. The number of benzene rings is 1. The first-order valence-corrected chi connectivity index (χ1v) is 7.51. The number of β-amino-alcohol motifs (C(OH)–C–C–N with tert-alkyl or cyclic N) is 1. The number of hydrogen-bond donors (Lipinski definition) is 2. The molecule has 3 amide bonds. The molecule has 1 aliphatic rings. The lowest BCUT2D eigenvalue weighted by Crippen LogP contribution is -2.44. The monoisotopic (exact) mass is 304 g/mol. The molecule has 0 aliphatic carbocycles. The van der Waals surface area contributed by atoms with Crippen LogP contribution in [0.15, 0.2) is 24.3 Å². The molecular weight excluding hydrogens is 280 g/mol. The molecule has 0 bridgehead atoms. The number of urea groups is 1. The Labute approximate surface area is 131 Å². The van der Waals surface area contributed by atoms with Crippen molar-refractivity contribution < 1.29 is 14.7 Å². The van der Waals surface area contributed by atoms with Crippen molar-refractivity contribution in [3.05, 3.63) is 35.4 Å². The van der Waals surface area contributed by atoms with Gasteiger partial charge in [0.15, 0.2) is 0 Å². The van der Waals surface area contributed by atoms with Gasteiger partial charge in [0.1, 0.15) is 5.54 Å². The van der Waals surface area contributed by atoms with E-state index in [1.54, 1.807) is 20.8 Å². The fourth-order valence-corrected chi connectivity index (χ4v) is 2.62. The predicted octanol–water partition coefficient (Wildman–Crippen LogP) is 2.35. The summed E-state index contributed by atoms with van der Waals surface area (Å²) < 4.78 is 0. The highest BCUT2D eigenvalue weighted by atomic mass is 16.3. The van der Waals surface area contributed by atoms with Crippen molar-refractivity contribution in [1.82, 2.24) is 10.2 Å². The summed E-state index contributed by atoms with van der Waals surface area (Å²) in [5.74, 6) is 0.0688. The molecule has 0 aromatic heterocycles. The van der Waals surface area contributed by atoms with Gasteiger partial charge in [-0.2, -0.15) is 0 Å². The fourth-order valence-electron chi connectivity index (χ4n) is 2.62. The van der Waals surface area contributed by atoms with Crippen molar-refractivity contribution >= 4 is 11.9 Å². The minimum Gasteiger partial charge on any atom is -0.389 e. The van der Waals surface area contributed by atoms with E-state index in [9.17, 15) is 14.7 Å². The van der Waals surface area contributed by atoms with Crippen LogP contribution in [0.1, 0.15) is 51.7 Å². The van der Waals surface area contributed by atoms with Gasteiger partial charge in [-0.1, -0.05) is 38.1 Å². The van der Waals surface area contributed by atoms with E-state index in [1.807, 2.05) is 24.3 Å². The summed E-state index contributed by atoms with van der Waals surface area (Å²) in [6.45, 7) is 9.01. The Hall–Kier alpha value is -1.88. The van der Waals surface area contributed by atoms with E-state index < -0.39 is 17.2 Å². The number of amides is 3. The van der Waals surface area contributed by atoms with Crippen molar-refractivity contribution in [2.45, 2.75) is 51.7 Å². The minimum atomic E-state index is -1.13. The van der Waals surface area contributed by atoms with E-state index in [0.717, 1.165) is 10.5 Å². The molecule has 0 spiro atoms. The number of nitrogens with one attached hydrogen (secondary N) is 1. The standard InChI is InChI=1S/C17H24N2O3/c1-11(2)12-6-8-13(9-7-12)17(5)14(20)19(15(21)18-17)10-16(3,4)22/h6-9,11,22H,10H2,1-5H3,(H,18,21). The molecule has 1 heterocycles. The molecule has 1 aromatic carbocycles. The maximum absolute atomic E-state index is 12.7. The lowest BCUT2D eigenvalue weighted by molar-refractivity contribution is -0.133. The Kier molecular flexibility index (Phi) is 4.04. The molecule has 1 aromatic rings. The SMILES string of the molecule is CC(C)c1ccc(C2(C)NC(=O)N(CC(C)(C)O)C2=O)cc1. The molecule has 5 nitrogen and oxygen atoms in total. The van der Waals surface area contributed by atoms with Crippen molar-refractivity contribution in [3.63, 3.8) is 0 Å². The van der Waals surface area contributed by atoms with Gasteiger partial charge in [0.25, 0.3) is 5.91 Å². The first-order chi connectivity index (χ1) is 10.0. The molecule has 120 valence electrons. The number of aliphatic hydroxyl groups is 1. The van der Waals surface area contributed by atoms with E-state index >= 15 is 0 Å². The second-order valence-electron chi connectivity index (χ2n) is 7.04. The van der Waals surface area contributed by atoms with Crippen LogP contribution in [0.5, 0.6) is 0 Å². The van der Waals surface area contributed by atoms with Crippen LogP contribution in [-0.4, -0.2) is 34.1 Å². The lowest BCUT2D eigenvalue weighted by Gasteiger charge is -2.25. The Morgan fingerprint density at radius 2 is 1.77 bits per heavy atom. The Morgan fingerprint density at radius 1 is 1.23 bits per heavy atom. The quantitative estimate of drug-likeness (QED) is 0.839. The normalized spacial score (nSPS) is 22.4. The molecule has 0 saturated carbocycles. The maximum atomic E-state index is 12.7. The maximum Gasteiger partial charge on any atom is 0.325 e. The summed E-state index contributed by atoms with van der Waals surface area (Å²) in [6, 6.07) is 7.23. The van der Waals surface area contributed by atoms with Crippen LogP contribution in [0.25, 0.3) is 0 Å². The summed E-state index contributed by atoms with van der Waals surface area (Å²) in [5, 5.41) is 12.6. The molecule has 1 unspecified atom stereocenters. The third-order valence-electron chi connectivity index (χ3n) is 3.97. The van der Waals surface area contributed by atoms with E-state index in [-0.39, 0.29) is 12.5 Å². The zero-order chi connectivity index (χ0) is 16.7. The van der Waals surface area contributed by atoms with Crippen molar-refractivity contribution in [3.8, 4) is 0 Å². The van der Waals surface area contributed by atoms with Crippen LogP contribution in [0, 0.1) is 0 Å². The average Bonchev–Trinajstić information content (AvgIpc) is 2.62. The van der Waals surface area contributed by atoms with Crippen LogP contribution in [0.4, 0.5) is 4.79 Å². The molecule has 5 heteroatoms. The summed E-state index contributed by atoms with van der Waals surface area (Å²) in [5.41, 5.74) is -0.289. The molecule has 22 heavy (non-hydrogen) atoms. The number of nitrogens with zero attached hydrogens (tertiary/aromatic N) is 1. The lowest BCUT2D eigenvalue weighted by atomic mass is 9.90. The summed E-state index contributed by atoms with van der Waals surface area (Å²) >= 11 is 0. The topological polar surface area (TPSA) is 69.6 Å². The molecular formula is C17H24N2O3. The summed E-state index contributed by atoms with van der Waals surface area (Å²) in [6.07, 6.45) is 0. The van der Waals surface area contributed by atoms with Gasteiger partial charge < -0.3 is 10.4 Å². The molecule has 2 rings (SSSR count). The number of carbonyl (C=O) groups excluding carboxylic acids is 2. The van der Waals surface area contributed by atoms with Crippen LogP contribution in [0.2, 0.25) is 0 Å². The second kappa shape index (κ2) is 5.39. The smallest absolute Gasteiger partial charge is 0.325 e. The van der Waals surface area contributed by atoms with Crippen molar-refractivity contribution in [2.24, 2.45) is 0 Å². The Balaban J connectivity index is 2.30. The zero-order valence-electron chi connectivity index (χ0n) is 13.8. The molecule has 0 radical (unpaired) electrons. The molecule has 1 atom stereocenters. The average molecular weight is 304 g/mol. The number of hydrogen-bond acceptors (Lipinski definition) is 3. The van der Waals surface area contributed by atoms with E-state index in [0.29, 0.717) is 5.92 Å². The first kappa shape index (κ1) is 16.5. The van der Waals surface area contributed by atoms with Crippen LogP contribution in [-0.2, 0) is 10.3 Å². The van der Waals surface area contributed by atoms with Gasteiger partial charge in [0, 0.05) is 0 Å². The van der Waals surface area contributed by atoms with Crippen LogP contribution in [0.3, 0.4) is 0 Å². The van der Waals surface area contributed by atoms with E-state index in [2.05, 4.69) is 19.2 Å². The molecule has 1 saturated heterocycles. The highest BCUT2D eigenvalue weighted by molar-refractivity contribution is 6.07. The largest absolute Gasteiger partial charge is 0.389 e. The van der Waals surface area contributed by atoms with Gasteiger partial charge >= 0.3 is 6.03 Å². The number of imide groups is 1. The number of carbonyl (C=O) groups is 2. The molecule has 2 N–H and O–H groups in total. The number of rotatable bonds is 4. The van der Waals surface area contributed by atoms with Crippen molar-refractivity contribution in [2.75, 3.05) is 6.54 Å². The van der Waals surface area contributed by atoms with E-state index in [1.165, 1.54) is 5.56 Å². The summed E-state index contributed by atoms with van der Waals surface area (Å²) in [4.78, 5) is 25.9. The third kappa shape index (κ3) is 2.99. The third-order valence-corrected chi connectivity index (χ3v) is 3.97. The van der Waals surface area contributed by atoms with Crippen LogP contribution < -0.4 is 5.32 Å². The van der Waals surface area contributed by atoms with Gasteiger partial charge in [0.05, 0.1) is 12.1 Å². The van der Waals surface area contributed by atoms with Gasteiger partial charge in [-0.05, 0) is 37.8 Å². The van der Waals surface area contributed by atoms with Crippen LogP contribution >= 0.6 is 0 Å². The van der Waals surface area contributed by atoms with Gasteiger partial charge in [-0.3, -0.25) is 9.69 Å². The predicted molar refractivity (Wildman–Crippen MR) is 84.4 cm³/mol. The van der Waals surface area contributed by atoms with Gasteiger partial charge in [0.2, 0.25) is 0 Å². The highest BCUT2D eigenvalue weighted by Crippen LogP contribution is 2.30. The molecule has 1 fully saturated rings. The first-order valence-electron chi connectivity index (χ1n) is 7.51. The Bertz CT molecular complexity index is 587. The van der Waals surface area contributed by atoms with Gasteiger partial charge in [-0.25, -0.2) is 4.79 Å². The summed E-state index contributed by atoms with van der Waals surface area (Å²) in [7, 11) is 0. The second-order valence-corrected chi connectivity index (χ2v) is 7.04. The Morgan fingerprint density at radius 3 is 2.23 bits per heavy atom. The zero-order valence-corrected chi connectivity index (χ0v) is 13.8. The minimum absolute atomic E-state index is 0.0304. The van der Waals surface area contributed by atoms with Crippen molar-refractivity contribution in [1.29, 1.82) is 0 Å². The van der Waals surface area contributed by atoms with Gasteiger partial charge in [-0.15, -0.1) is 0 Å². The molecule has 1 aliphatic heterocycles. The fraction of sp³-hybridized carbons (Fsp3) is 0.529. The van der Waals surface area contributed by atoms with E-state index in [4.69, 9.17) is 0 Å².